The highest BCUT2D eigenvalue weighted by Gasteiger charge is 2.18. The van der Waals surface area contributed by atoms with Crippen LogP contribution in [0.3, 0.4) is 0 Å². The Bertz CT molecular complexity index is 391. The van der Waals surface area contributed by atoms with E-state index in [1.165, 1.54) is 13.3 Å². The van der Waals surface area contributed by atoms with Gasteiger partial charge in [0.25, 0.3) is 5.91 Å². The average Bonchev–Trinajstić information content (AvgIpc) is 2.36. The van der Waals surface area contributed by atoms with E-state index in [-0.39, 0.29) is 11.3 Å². The zero-order valence-electron chi connectivity index (χ0n) is 10.5. The molecule has 0 aromatic carbocycles. The van der Waals surface area contributed by atoms with Crippen molar-refractivity contribution in [2.45, 2.75) is 13.8 Å². The van der Waals surface area contributed by atoms with Crippen molar-refractivity contribution in [3.8, 4) is 5.75 Å². The van der Waals surface area contributed by atoms with Crippen LogP contribution in [0.5, 0.6) is 5.75 Å². The van der Waals surface area contributed by atoms with Crippen LogP contribution in [-0.2, 0) is 0 Å². The van der Waals surface area contributed by atoms with Crippen molar-refractivity contribution in [1.29, 1.82) is 0 Å². The molecule has 1 rings (SSSR count). The number of ether oxygens (including phenoxy) is 1. The van der Waals surface area contributed by atoms with Crippen molar-refractivity contribution in [3.63, 3.8) is 0 Å². The number of carbonyl (C=O) groups is 1. The first-order valence-electron chi connectivity index (χ1n) is 5.46. The first-order valence-corrected chi connectivity index (χ1v) is 5.46. The highest BCUT2D eigenvalue weighted by Crippen LogP contribution is 2.16. The van der Waals surface area contributed by atoms with Gasteiger partial charge < -0.3 is 15.8 Å². The van der Waals surface area contributed by atoms with Crippen LogP contribution in [0, 0.1) is 5.41 Å². The predicted octanol–water partition coefficient (Wildman–Crippen LogP) is 0.805. The number of amides is 1. The lowest BCUT2D eigenvalue weighted by Crippen LogP contribution is -2.38. The molecular weight excluding hydrogens is 218 g/mol. The maximum atomic E-state index is 11.9. The Morgan fingerprint density at radius 3 is 2.88 bits per heavy atom. The smallest absolute Gasteiger partial charge is 0.255 e. The molecule has 0 unspecified atom stereocenters. The van der Waals surface area contributed by atoms with Gasteiger partial charge in [-0.2, -0.15) is 0 Å². The molecule has 0 bridgehead atoms. The van der Waals surface area contributed by atoms with Crippen LogP contribution in [-0.4, -0.2) is 31.1 Å². The fraction of sp³-hybridized carbons (Fsp3) is 0.500. The van der Waals surface area contributed by atoms with E-state index in [0.29, 0.717) is 24.4 Å². The lowest BCUT2D eigenvalue weighted by molar-refractivity contribution is 0.0934. The monoisotopic (exact) mass is 237 g/mol. The van der Waals surface area contributed by atoms with E-state index in [4.69, 9.17) is 10.5 Å². The molecule has 0 radical (unpaired) electrons. The van der Waals surface area contributed by atoms with Crippen molar-refractivity contribution < 1.29 is 9.53 Å². The first kappa shape index (κ1) is 13.4. The summed E-state index contributed by atoms with van der Waals surface area (Å²) in [5, 5.41) is 2.84. The number of rotatable bonds is 5. The zero-order chi connectivity index (χ0) is 12.9. The minimum Gasteiger partial charge on any atom is -0.494 e. The summed E-state index contributed by atoms with van der Waals surface area (Å²) in [5.74, 6) is 0.293. The number of nitrogens with one attached hydrogen (secondary N) is 1. The molecule has 0 aliphatic carbocycles. The van der Waals surface area contributed by atoms with Crippen LogP contribution in [0.25, 0.3) is 0 Å². The van der Waals surface area contributed by atoms with Crippen molar-refractivity contribution >= 4 is 5.91 Å². The minimum absolute atomic E-state index is 0.115. The number of pyridine rings is 1. The van der Waals surface area contributed by atoms with Crippen LogP contribution >= 0.6 is 0 Å². The number of aromatic nitrogens is 1. The SMILES string of the molecule is COc1cnccc1C(=O)NCC(C)(C)CN. The van der Waals surface area contributed by atoms with Gasteiger partial charge in [-0.3, -0.25) is 9.78 Å². The molecule has 3 N–H and O–H groups in total. The van der Waals surface area contributed by atoms with Gasteiger partial charge in [0.2, 0.25) is 0 Å². The summed E-state index contributed by atoms with van der Waals surface area (Å²) < 4.78 is 5.08. The molecule has 94 valence electrons. The molecule has 1 heterocycles. The second-order valence-electron chi connectivity index (χ2n) is 4.63. The van der Waals surface area contributed by atoms with Gasteiger partial charge in [-0.25, -0.2) is 0 Å². The van der Waals surface area contributed by atoms with Gasteiger partial charge in [-0.1, -0.05) is 13.8 Å². The summed E-state index contributed by atoms with van der Waals surface area (Å²) >= 11 is 0. The summed E-state index contributed by atoms with van der Waals surface area (Å²) in [7, 11) is 1.51. The maximum Gasteiger partial charge on any atom is 0.255 e. The Hall–Kier alpha value is -1.62. The lowest BCUT2D eigenvalue weighted by atomic mass is 9.94. The molecule has 5 heteroatoms. The number of methoxy groups -OCH3 is 1. The van der Waals surface area contributed by atoms with Crippen LogP contribution in [0.2, 0.25) is 0 Å². The topological polar surface area (TPSA) is 77.2 Å². The normalized spacial score (nSPS) is 11.1. The van der Waals surface area contributed by atoms with Gasteiger partial charge in [-0.05, 0) is 18.0 Å². The summed E-state index contributed by atoms with van der Waals surface area (Å²) in [6, 6.07) is 1.63. The Labute approximate surface area is 101 Å². The molecule has 5 nitrogen and oxygen atoms in total. The Balaban J connectivity index is 2.70. The van der Waals surface area contributed by atoms with Crippen molar-refractivity contribution in [3.05, 3.63) is 24.0 Å². The number of nitrogens with two attached hydrogens (primary N) is 1. The Kier molecular flexibility index (Phi) is 4.45. The van der Waals surface area contributed by atoms with E-state index in [9.17, 15) is 4.79 Å². The lowest BCUT2D eigenvalue weighted by Gasteiger charge is -2.22. The molecule has 0 aliphatic heterocycles. The molecule has 1 aromatic rings. The molecule has 0 atom stereocenters. The quantitative estimate of drug-likeness (QED) is 0.794. The van der Waals surface area contributed by atoms with Gasteiger partial charge in [0.1, 0.15) is 5.75 Å². The van der Waals surface area contributed by atoms with Crippen molar-refractivity contribution in [1.82, 2.24) is 10.3 Å². The highest BCUT2D eigenvalue weighted by atomic mass is 16.5. The third kappa shape index (κ3) is 3.71. The number of hydrogen-bond donors (Lipinski definition) is 2. The number of carbonyl (C=O) groups excluding carboxylic acids is 1. The highest BCUT2D eigenvalue weighted by molar-refractivity contribution is 5.96. The van der Waals surface area contributed by atoms with E-state index in [1.54, 1.807) is 12.3 Å². The fourth-order valence-electron chi connectivity index (χ4n) is 1.22. The Morgan fingerprint density at radius 2 is 2.29 bits per heavy atom. The minimum atomic E-state index is -0.175. The van der Waals surface area contributed by atoms with E-state index < -0.39 is 0 Å². The van der Waals surface area contributed by atoms with E-state index in [0.717, 1.165) is 0 Å². The molecule has 0 spiro atoms. The molecule has 0 saturated heterocycles. The fourth-order valence-corrected chi connectivity index (χ4v) is 1.22. The first-order chi connectivity index (χ1) is 8.00. The molecule has 1 aromatic heterocycles. The van der Waals surface area contributed by atoms with Gasteiger partial charge >= 0.3 is 0 Å². The van der Waals surface area contributed by atoms with Crippen molar-refractivity contribution in [2.75, 3.05) is 20.2 Å². The largest absolute Gasteiger partial charge is 0.494 e. The van der Waals surface area contributed by atoms with E-state index in [1.807, 2.05) is 13.8 Å². The van der Waals surface area contributed by atoms with Gasteiger partial charge in [0.05, 0.1) is 18.9 Å². The van der Waals surface area contributed by atoms with Gasteiger partial charge in [-0.15, -0.1) is 0 Å². The number of hydrogen-bond acceptors (Lipinski definition) is 4. The van der Waals surface area contributed by atoms with E-state index >= 15 is 0 Å². The van der Waals surface area contributed by atoms with Crippen LogP contribution in [0.15, 0.2) is 18.5 Å². The summed E-state index contributed by atoms with van der Waals surface area (Å²) in [5.41, 5.74) is 5.97. The van der Waals surface area contributed by atoms with Crippen LogP contribution < -0.4 is 15.8 Å². The maximum absolute atomic E-state index is 11.9. The average molecular weight is 237 g/mol. The second kappa shape index (κ2) is 5.63. The predicted molar refractivity (Wildman–Crippen MR) is 66.0 cm³/mol. The van der Waals surface area contributed by atoms with E-state index in [2.05, 4.69) is 10.3 Å². The molecular formula is C12H19N3O2. The molecule has 0 saturated carbocycles. The zero-order valence-corrected chi connectivity index (χ0v) is 10.5. The van der Waals surface area contributed by atoms with Gasteiger partial charge in [0.15, 0.2) is 0 Å². The van der Waals surface area contributed by atoms with Crippen LogP contribution in [0.1, 0.15) is 24.2 Å². The summed E-state index contributed by atoms with van der Waals surface area (Å²) in [4.78, 5) is 15.8. The standard InChI is InChI=1S/C12H19N3O2/c1-12(2,7-13)8-15-11(16)9-4-5-14-6-10(9)17-3/h4-6H,7-8,13H2,1-3H3,(H,15,16). The Morgan fingerprint density at radius 1 is 1.59 bits per heavy atom. The van der Waals surface area contributed by atoms with Crippen molar-refractivity contribution in [2.24, 2.45) is 11.1 Å². The third-order valence-corrected chi connectivity index (χ3v) is 2.53. The summed E-state index contributed by atoms with van der Waals surface area (Å²) in [6.07, 6.45) is 3.08. The second-order valence-corrected chi connectivity index (χ2v) is 4.63. The molecule has 17 heavy (non-hydrogen) atoms. The summed E-state index contributed by atoms with van der Waals surface area (Å²) in [6.45, 7) is 5.03. The molecule has 1 amide bonds. The third-order valence-electron chi connectivity index (χ3n) is 2.53. The van der Waals surface area contributed by atoms with Gasteiger partial charge in [0, 0.05) is 12.7 Å². The molecule has 0 fully saturated rings. The molecule has 0 aliphatic rings. The number of nitrogens with zero attached hydrogens (tertiary/aromatic N) is 1. The van der Waals surface area contributed by atoms with Crippen LogP contribution in [0.4, 0.5) is 0 Å².